The Kier molecular flexibility index (Phi) is 6.71. The Morgan fingerprint density at radius 1 is 1.33 bits per heavy atom. The van der Waals surface area contributed by atoms with Gasteiger partial charge in [0.25, 0.3) is 5.91 Å². The van der Waals surface area contributed by atoms with Crippen molar-refractivity contribution in [1.82, 2.24) is 24.6 Å². The quantitative estimate of drug-likeness (QED) is 0.493. The Morgan fingerprint density at radius 2 is 2.08 bits per heavy atom. The standard InChI is InChI=1S/C22H25F3N8O3/c1-30(2)8-13-6-18(34)32(9-13)20-16(10-31(3)29-20)33(12-22(23,24)25)17-7-14(4-5-27-17)21-28-15(11-36-21)19(26)35/h4-5,7,10-11,13H,6,8-9,12H2,1-3H3,(H2,26,35). The van der Waals surface area contributed by atoms with Crippen LogP contribution in [0, 0.1) is 5.92 Å². The van der Waals surface area contributed by atoms with Crippen LogP contribution >= 0.6 is 0 Å². The number of pyridine rings is 1. The second kappa shape index (κ2) is 9.60. The van der Waals surface area contributed by atoms with E-state index in [1.807, 2.05) is 19.0 Å². The van der Waals surface area contributed by atoms with Crippen molar-refractivity contribution >= 4 is 29.1 Å². The number of nitrogens with zero attached hydrogens (tertiary/aromatic N) is 7. The number of carbonyl (C=O) groups excluding carboxylic acids is 2. The Balaban J connectivity index is 1.74. The molecule has 0 aliphatic carbocycles. The fourth-order valence-corrected chi connectivity index (χ4v) is 4.16. The Morgan fingerprint density at radius 3 is 2.72 bits per heavy atom. The number of halogens is 3. The van der Waals surface area contributed by atoms with E-state index < -0.39 is 18.6 Å². The first kappa shape index (κ1) is 25.2. The molecule has 2 N–H and O–H groups in total. The van der Waals surface area contributed by atoms with Crippen LogP contribution in [-0.4, -0.2) is 76.4 Å². The largest absolute Gasteiger partial charge is 0.444 e. The highest BCUT2D eigenvalue weighted by Crippen LogP contribution is 2.38. The summed E-state index contributed by atoms with van der Waals surface area (Å²) >= 11 is 0. The zero-order chi connectivity index (χ0) is 26.2. The van der Waals surface area contributed by atoms with E-state index in [1.165, 1.54) is 34.1 Å². The van der Waals surface area contributed by atoms with Gasteiger partial charge in [-0.2, -0.15) is 18.3 Å². The zero-order valence-corrected chi connectivity index (χ0v) is 19.9. The van der Waals surface area contributed by atoms with Crippen LogP contribution < -0.4 is 15.5 Å². The van der Waals surface area contributed by atoms with E-state index in [1.54, 1.807) is 7.05 Å². The van der Waals surface area contributed by atoms with Gasteiger partial charge in [-0.3, -0.25) is 19.2 Å². The molecule has 3 aromatic heterocycles. The van der Waals surface area contributed by atoms with E-state index in [0.29, 0.717) is 13.1 Å². The molecule has 1 aliphatic heterocycles. The van der Waals surface area contributed by atoms with Crippen LogP contribution in [0.15, 0.2) is 35.2 Å². The van der Waals surface area contributed by atoms with Gasteiger partial charge in [-0.05, 0) is 32.1 Å². The number of rotatable bonds is 8. The monoisotopic (exact) mass is 506 g/mol. The van der Waals surface area contributed by atoms with Gasteiger partial charge in [0.05, 0.1) is 6.20 Å². The molecule has 0 radical (unpaired) electrons. The highest BCUT2D eigenvalue weighted by atomic mass is 19.4. The maximum absolute atomic E-state index is 13.7. The zero-order valence-electron chi connectivity index (χ0n) is 19.9. The molecule has 1 atom stereocenters. The summed E-state index contributed by atoms with van der Waals surface area (Å²) in [7, 11) is 5.35. The van der Waals surface area contributed by atoms with Crippen LogP contribution in [0.25, 0.3) is 11.5 Å². The molecular formula is C22H25F3N8O3. The molecule has 4 rings (SSSR count). The van der Waals surface area contributed by atoms with Crippen molar-refractivity contribution in [3.05, 3.63) is 36.5 Å². The highest BCUT2D eigenvalue weighted by Gasteiger charge is 2.38. The van der Waals surface area contributed by atoms with Crippen molar-refractivity contribution in [2.45, 2.75) is 12.6 Å². The van der Waals surface area contributed by atoms with Crippen LogP contribution in [0.3, 0.4) is 0 Å². The lowest BCUT2D eigenvalue weighted by atomic mass is 10.1. The fraction of sp³-hybridized carbons (Fsp3) is 0.409. The molecular weight excluding hydrogens is 481 g/mol. The van der Waals surface area contributed by atoms with E-state index in [-0.39, 0.29) is 52.7 Å². The second-order valence-corrected chi connectivity index (χ2v) is 8.85. The lowest BCUT2D eigenvalue weighted by molar-refractivity contribution is -0.118. The smallest absolute Gasteiger partial charge is 0.406 e. The molecule has 36 heavy (non-hydrogen) atoms. The van der Waals surface area contributed by atoms with Crippen molar-refractivity contribution < 1.29 is 27.2 Å². The number of aromatic nitrogens is 4. The normalized spacial score (nSPS) is 16.2. The first-order valence-corrected chi connectivity index (χ1v) is 11.0. The van der Waals surface area contributed by atoms with E-state index in [4.69, 9.17) is 10.2 Å². The SMILES string of the molecule is CN(C)CC1CC(=O)N(c2nn(C)cc2N(CC(F)(F)F)c2cc(-c3nc(C(N)=O)co3)ccn2)C1. The summed E-state index contributed by atoms with van der Waals surface area (Å²) in [5.74, 6) is -0.965. The number of aryl methyl sites for hydroxylation is 1. The Labute approximate surface area is 204 Å². The minimum Gasteiger partial charge on any atom is -0.444 e. The van der Waals surface area contributed by atoms with E-state index >= 15 is 0 Å². The molecule has 4 heterocycles. The predicted molar refractivity (Wildman–Crippen MR) is 124 cm³/mol. The highest BCUT2D eigenvalue weighted by molar-refractivity contribution is 5.98. The van der Waals surface area contributed by atoms with Gasteiger partial charge >= 0.3 is 6.18 Å². The minimum absolute atomic E-state index is 0.00735. The number of primary amides is 1. The number of hydrogen-bond donors (Lipinski definition) is 1. The van der Waals surface area contributed by atoms with Gasteiger partial charge in [0.1, 0.15) is 24.3 Å². The maximum atomic E-state index is 13.7. The molecule has 0 aromatic carbocycles. The molecule has 1 aliphatic rings. The van der Waals surface area contributed by atoms with Crippen molar-refractivity contribution in [3.8, 4) is 11.5 Å². The molecule has 0 saturated carbocycles. The summed E-state index contributed by atoms with van der Waals surface area (Å²) < 4.78 is 47.8. The van der Waals surface area contributed by atoms with Crippen molar-refractivity contribution in [2.24, 2.45) is 18.7 Å². The van der Waals surface area contributed by atoms with Gasteiger partial charge in [-0.25, -0.2) is 9.97 Å². The van der Waals surface area contributed by atoms with Crippen LogP contribution in [0.4, 0.5) is 30.5 Å². The summed E-state index contributed by atoms with van der Waals surface area (Å²) in [5.41, 5.74) is 5.44. The number of hydrogen-bond acceptors (Lipinski definition) is 8. The Hall–Kier alpha value is -3.94. The van der Waals surface area contributed by atoms with Crippen LogP contribution in [0.1, 0.15) is 16.9 Å². The second-order valence-electron chi connectivity index (χ2n) is 8.85. The molecule has 1 fully saturated rings. The third-order valence-corrected chi connectivity index (χ3v) is 5.53. The molecule has 0 spiro atoms. The first-order chi connectivity index (χ1) is 16.9. The molecule has 3 aromatic rings. The van der Waals surface area contributed by atoms with Crippen LogP contribution in [-0.2, 0) is 11.8 Å². The summed E-state index contributed by atoms with van der Waals surface area (Å²) in [6.45, 7) is -0.395. The molecule has 1 saturated heterocycles. The molecule has 11 nitrogen and oxygen atoms in total. The first-order valence-electron chi connectivity index (χ1n) is 11.0. The van der Waals surface area contributed by atoms with Gasteiger partial charge < -0.3 is 20.0 Å². The topological polar surface area (TPSA) is 127 Å². The molecule has 0 bridgehead atoms. The predicted octanol–water partition coefficient (Wildman–Crippen LogP) is 2.18. The average Bonchev–Trinajstić information content (AvgIpc) is 3.49. The number of anilines is 3. The van der Waals surface area contributed by atoms with Gasteiger partial charge in [0, 0.05) is 38.3 Å². The lowest BCUT2D eigenvalue weighted by Crippen LogP contribution is -2.33. The number of alkyl halides is 3. The number of oxazole rings is 1. The molecule has 192 valence electrons. The third-order valence-electron chi connectivity index (χ3n) is 5.53. The van der Waals surface area contributed by atoms with Crippen LogP contribution in [0.2, 0.25) is 0 Å². The van der Waals surface area contributed by atoms with E-state index in [0.717, 1.165) is 11.2 Å². The summed E-state index contributed by atoms with van der Waals surface area (Å²) in [4.78, 5) is 36.6. The number of carbonyl (C=O) groups is 2. The van der Waals surface area contributed by atoms with E-state index in [9.17, 15) is 22.8 Å². The Bertz CT molecular complexity index is 1270. The van der Waals surface area contributed by atoms with Gasteiger partial charge in [-0.1, -0.05) is 0 Å². The fourth-order valence-electron chi connectivity index (χ4n) is 4.16. The number of nitrogens with two attached hydrogens (primary N) is 1. The van der Waals surface area contributed by atoms with Crippen molar-refractivity contribution in [1.29, 1.82) is 0 Å². The summed E-state index contributed by atoms with van der Waals surface area (Å²) in [6.07, 6.45) is -0.554. The number of amides is 2. The molecule has 14 heteroatoms. The van der Waals surface area contributed by atoms with E-state index in [2.05, 4.69) is 15.1 Å². The van der Waals surface area contributed by atoms with Gasteiger partial charge in [0.2, 0.25) is 11.8 Å². The molecule has 2 amide bonds. The van der Waals surface area contributed by atoms with Crippen molar-refractivity contribution in [3.63, 3.8) is 0 Å². The maximum Gasteiger partial charge on any atom is 0.406 e. The summed E-state index contributed by atoms with van der Waals surface area (Å²) in [6, 6.07) is 2.83. The minimum atomic E-state index is -4.60. The molecule has 1 unspecified atom stereocenters. The van der Waals surface area contributed by atoms with Crippen molar-refractivity contribution in [2.75, 3.05) is 43.5 Å². The van der Waals surface area contributed by atoms with Crippen LogP contribution in [0.5, 0.6) is 0 Å². The summed E-state index contributed by atoms with van der Waals surface area (Å²) in [5, 5.41) is 4.33. The lowest BCUT2D eigenvalue weighted by Gasteiger charge is -2.26. The van der Waals surface area contributed by atoms with Gasteiger partial charge in [0.15, 0.2) is 11.5 Å². The average molecular weight is 506 g/mol. The third kappa shape index (κ3) is 5.48. The van der Waals surface area contributed by atoms with Gasteiger partial charge in [-0.15, -0.1) is 0 Å².